The van der Waals surface area contributed by atoms with Crippen LogP contribution in [0.3, 0.4) is 0 Å². The number of hydrogen-bond donors (Lipinski definition) is 1. The number of anilines is 1. The minimum atomic E-state index is -0.313. The van der Waals surface area contributed by atoms with Crippen LogP contribution in [0.5, 0.6) is 0 Å². The van der Waals surface area contributed by atoms with Crippen LogP contribution in [0.1, 0.15) is 236 Å². The summed E-state index contributed by atoms with van der Waals surface area (Å²) in [7, 11) is 2.50. The molecule has 0 unspecified atom stereocenters. The van der Waals surface area contributed by atoms with Gasteiger partial charge in [-0.2, -0.15) is 0 Å². The number of ether oxygens (including phenoxy) is 2. The lowest BCUT2D eigenvalue weighted by atomic mass is 9.78. The third-order valence-electron chi connectivity index (χ3n) is 13.6. The van der Waals surface area contributed by atoms with Crippen molar-refractivity contribution in [1.82, 2.24) is 0 Å². The Labute approximate surface area is 382 Å². The van der Waals surface area contributed by atoms with Crippen molar-refractivity contribution in [3.8, 4) is 0 Å². The van der Waals surface area contributed by atoms with E-state index in [-0.39, 0.29) is 11.4 Å². The SMILES string of the molecule is CCCCCCCCCCCCCCCC[N+](C)(CCCCCCCCCCCCCCCC)CCOCCNc1ccc(C2=Nc3ccc(C(=O)OCC)cc3C2(C)C)cc1. The van der Waals surface area contributed by atoms with Crippen molar-refractivity contribution in [3.63, 3.8) is 0 Å². The Morgan fingerprint density at radius 1 is 0.581 bits per heavy atom. The molecule has 0 saturated carbocycles. The molecule has 0 aliphatic carbocycles. The molecule has 0 atom stereocenters. The summed E-state index contributed by atoms with van der Waals surface area (Å²) < 4.78 is 12.7. The molecule has 1 aliphatic heterocycles. The van der Waals surface area contributed by atoms with Gasteiger partial charge in [-0.25, -0.2) is 4.79 Å². The van der Waals surface area contributed by atoms with Crippen molar-refractivity contribution in [2.75, 3.05) is 58.4 Å². The highest BCUT2D eigenvalue weighted by atomic mass is 16.5. The molecule has 0 amide bonds. The van der Waals surface area contributed by atoms with Crippen LogP contribution >= 0.6 is 0 Å². The maximum absolute atomic E-state index is 12.4. The predicted octanol–water partition coefficient (Wildman–Crippen LogP) is 16.1. The second-order valence-corrected chi connectivity index (χ2v) is 19.6. The lowest BCUT2D eigenvalue weighted by molar-refractivity contribution is -0.910. The average molecular weight is 859 g/mol. The molecule has 352 valence electrons. The van der Waals surface area contributed by atoms with Crippen molar-refractivity contribution in [3.05, 3.63) is 59.2 Å². The second-order valence-electron chi connectivity index (χ2n) is 19.6. The Balaban J connectivity index is 1.34. The molecule has 2 aromatic rings. The van der Waals surface area contributed by atoms with Crippen LogP contribution in [-0.2, 0) is 14.9 Å². The Hall–Kier alpha value is -2.70. The number of esters is 1. The number of aliphatic imine (C=N–C) groups is 1. The normalized spacial score (nSPS) is 13.4. The van der Waals surface area contributed by atoms with Crippen LogP contribution in [0.15, 0.2) is 47.5 Å². The van der Waals surface area contributed by atoms with Crippen LogP contribution < -0.4 is 5.32 Å². The van der Waals surface area contributed by atoms with Gasteiger partial charge in [0.1, 0.15) is 6.54 Å². The van der Waals surface area contributed by atoms with E-state index in [2.05, 4.69) is 64.3 Å². The zero-order chi connectivity index (χ0) is 44.6. The maximum atomic E-state index is 12.4. The minimum Gasteiger partial charge on any atom is -0.462 e. The Bertz CT molecular complexity index is 1440. The number of rotatable bonds is 40. The zero-order valence-electron chi connectivity index (χ0n) is 41.4. The number of quaternary nitrogens is 1. The van der Waals surface area contributed by atoms with Gasteiger partial charge in [0.25, 0.3) is 0 Å². The number of likely N-dealkylation sites (N-methyl/N-ethyl adjacent to an activating group) is 1. The fraction of sp³-hybridized carbons (Fsp3) is 0.750. The van der Waals surface area contributed by atoms with E-state index < -0.39 is 0 Å². The van der Waals surface area contributed by atoms with E-state index in [1.54, 1.807) is 0 Å². The van der Waals surface area contributed by atoms with Crippen molar-refractivity contribution < 1.29 is 18.8 Å². The van der Waals surface area contributed by atoms with Crippen molar-refractivity contribution >= 4 is 23.1 Å². The fourth-order valence-electron chi connectivity index (χ4n) is 9.40. The molecule has 0 aromatic heterocycles. The third-order valence-corrected chi connectivity index (χ3v) is 13.6. The highest BCUT2D eigenvalue weighted by Gasteiger charge is 2.36. The van der Waals surface area contributed by atoms with E-state index in [0.29, 0.717) is 18.8 Å². The Morgan fingerprint density at radius 3 is 1.48 bits per heavy atom. The summed E-state index contributed by atoms with van der Waals surface area (Å²) in [5.41, 5.74) is 5.46. The summed E-state index contributed by atoms with van der Waals surface area (Å²) in [4.78, 5) is 17.4. The van der Waals surface area contributed by atoms with E-state index >= 15 is 0 Å². The molecule has 62 heavy (non-hydrogen) atoms. The first kappa shape index (κ1) is 53.6. The number of nitrogens with one attached hydrogen (secondary N) is 1. The topological polar surface area (TPSA) is 59.9 Å². The van der Waals surface area contributed by atoms with E-state index in [4.69, 9.17) is 14.5 Å². The number of fused-ring (bicyclic) bond motifs is 1. The lowest BCUT2D eigenvalue weighted by Gasteiger charge is -2.35. The van der Waals surface area contributed by atoms with Gasteiger partial charge < -0.3 is 19.3 Å². The van der Waals surface area contributed by atoms with Crippen LogP contribution in [0.4, 0.5) is 11.4 Å². The molecule has 1 aliphatic rings. The Kier molecular flexibility index (Phi) is 28.4. The van der Waals surface area contributed by atoms with Gasteiger partial charge in [-0.15, -0.1) is 0 Å². The molecule has 0 saturated heterocycles. The molecule has 3 rings (SSSR count). The third kappa shape index (κ3) is 21.8. The zero-order valence-corrected chi connectivity index (χ0v) is 41.4. The van der Waals surface area contributed by atoms with Crippen molar-refractivity contribution in [2.24, 2.45) is 4.99 Å². The summed E-state index contributed by atoms with van der Waals surface area (Å²) in [6, 6.07) is 14.3. The first-order valence-corrected chi connectivity index (χ1v) is 26.4. The van der Waals surface area contributed by atoms with Gasteiger partial charge >= 0.3 is 5.97 Å². The molecule has 0 bridgehead atoms. The average Bonchev–Trinajstić information content (AvgIpc) is 3.54. The van der Waals surface area contributed by atoms with Crippen LogP contribution in [0, 0.1) is 0 Å². The molecule has 6 heteroatoms. The largest absolute Gasteiger partial charge is 0.462 e. The quantitative estimate of drug-likeness (QED) is 0.0412. The number of unbranched alkanes of at least 4 members (excludes halogenated alkanes) is 26. The van der Waals surface area contributed by atoms with Crippen LogP contribution in [-0.4, -0.2) is 69.2 Å². The molecular weight excluding hydrogens is 763 g/mol. The van der Waals surface area contributed by atoms with E-state index in [0.717, 1.165) is 52.4 Å². The predicted molar refractivity (Wildman–Crippen MR) is 269 cm³/mol. The van der Waals surface area contributed by atoms with Crippen molar-refractivity contribution in [1.29, 1.82) is 0 Å². The lowest BCUT2D eigenvalue weighted by Crippen LogP contribution is -2.48. The summed E-state index contributed by atoms with van der Waals surface area (Å²) >= 11 is 0. The molecule has 1 N–H and O–H groups in total. The standard InChI is InChI=1S/C56H95N3O3/c1-7-10-12-14-16-18-20-22-24-26-28-30-32-34-43-59(6,44-35-33-31-29-27-25-23-21-19-17-15-13-11-8-2)45-47-61-46-42-57-51-39-36-49(37-40-51)54-56(4,5)52-48-50(55(60)62-9-3)38-41-53(52)58-54/h36-41,48H,7-35,42-47H2,1-6H3/p+1. The molecule has 0 radical (unpaired) electrons. The summed E-state index contributed by atoms with van der Waals surface area (Å²) in [5, 5.41) is 3.57. The fourth-order valence-corrected chi connectivity index (χ4v) is 9.40. The number of nitrogens with zero attached hydrogens (tertiary/aromatic N) is 2. The van der Waals surface area contributed by atoms with Crippen LogP contribution in [0.2, 0.25) is 0 Å². The van der Waals surface area contributed by atoms with Gasteiger partial charge in [0.05, 0.1) is 56.9 Å². The minimum absolute atomic E-state index is 0.285. The summed E-state index contributed by atoms with van der Waals surface area (Å²) in [6.45, 7) is 17.2. The summed E-state index contributed by atoms with van der Waals surface area (Å²) in [6.07, 6.45) is 39.6. The number of hydrogen-bond acceptors (Lipinski definition) is 5. The Morgan fingerprint density at radius 2 is 1.03 bits per heavy atom. The highest BCUT2D eigenvalue weighted by molar-refractivity contribution is 6.12. The smallest absolute Gasteiger partial charge is 0.338 e. The van der Waals surface area contributed by atoms with Gasteiger partial charge in [-0.05, 0) is 74.1 Å². The molecule has 0 spiro atoms. The molecule has 6 nitrogen and oxygen atoms in total. The first-order chi connectivity index (χ1) is 30.2. The molecule has 0 fully saturated rings. The molecule has 1 heterocycles. The van der Waals surface area contributed by atoms with E-state index in [9.17, 15) is 4.79 Å². The van der Waals surface area contributed by atoms with Crippen molar-refractivity contribution in [2.45, 2.75) is 220 Å². The van der Waals surface area contributed by atoms with Gasteiger partial charge in [-0.3, -0.25) is 4.99 Å². The van der Waals surface area contributed by atoms with Gasteiger partial charge in [-0.1, -0.05) is 194 Å². The molecular formula is C56H96N3O3+. The number of benzene rings is 2. The van der Waals surface area contributed by atoms with Gasteiger partial charge in [0.2, 0.25) is 0 Å². The van der Waals surface area contributed by atoms with Crippen LogP contribution in [0.25, 0.3) is 0 Å². The summed E-state index contributed by atoms with van der Waals surface area (Å²) in [5.74, 6) is -0.285. The maximum Gasteiger partial charge on any atom is 0.338 e. The van der Waals surface area contributed by atoms with E-state index in [1.807, 2.05) is 25.1 Å². The van der Waals surface area contributed by atoms with Gasteiger partial charge in [0.15, 0.2) is 0 Å². The number of carbonyl (C=O) groups excluding carboxylic acids is 1. The highest BCUT2D eigenvalue weighted by Crippen LogP contribution is 2.42. The number of carbonyl (C=O) groups is 1. The second kappa shape index (κ2) is 32.9. The molecule has 2 aromatic carbocycles. The first-order valence-electron chi connectivity index (χ1n) is 26.4. The van der Waals surface area contributed by atoms with E-state index in [1.165, 1.54) is 193 Å². The van der Waals surface area contributed by atoms with Gasteiger partial charge in [0, 0.05) is 17.6 Å². The monoisotopic (exact) mass is 859 g/mol.